The molecule has 3 aromatic rings. The van der Waals surface area contributed by atoms with E-state index in [0.29, 0.717) is 19.7 Å². The largest absolute Gasteiger partial charge is 0.450 e. The second kappa shape index (κ2) is 7.27. The lowest BCUT2D eigenvalue weighted by atomic mass is 10.0. The van der Waals surface area contributed by atoms with Crippen molar-refractivity contribution in [3.05, 3.63) is 64.6 Å². The summed E-state index contributed by atoms with van der Waals surface area (Å²) >= 11 is 0. The number of hydrogen-bond acceptors (Lipinski definition) is 3. The summed E-state index contributed by atoms with van der Waals surface area (Å²) in [5.74, 6) is 0. The minimum atomic E-state index is -0.236. The number of nitrogens with one attached hydrogen (secondary N) is 1. The molecule has 27 heavy (non-hydrogen) atoms. The molecule has 5 heteroatoms. The van der Waals surface area contributed by atoms with Gasteiger partial charge < -0.3 is 14.6 Å². The minimum absolute atomic E-state index is 0.236. The number of nitrogens with zero attached hydrogens (tertiary/aromatic N) is 2. The van der Waals surface area contributed by atoms with Gasteiger partial charge in [-0.2, -0.15) is 0 Å². The van der Waals surface area contributed by atoms with Crippen molar-refractivity contribution in [1.29, 1.82) is 0 Å². The summed E-state index contributed by atoms with van der Waals surface area (Å²) < 4.78 is 5.16. The van der Waals surface area contributed by atoms with Crippen LogP contribution in [0.4, 0.5) is 4.79 Å². The zero-order chi connectivity index (χ0) is 18.8. The van der Waals surface area contributed by atoms with Crippen LogP contribution in [0.5, 0.6) is 0 Å². The van der Waals surface area contributed by atoms with E-state index in [0.717, 1.165) is 28.8 Å². The first-order valence-corrected chi connectivity index (χ1v) is 9.30. The molecule has 0 saturated heterocycles. The maximum atomic E-state index is 12.1. The number of ether oxygens (including phenoxy) is 1. The quantitative estimate of drug-likeness (QED) is 0.744. The summed E-state index contributed by atoms with van der Waals surface area (Å²) in [6, 6.07) is 10.4. The molecule has 1 N–H and O–H groups in total. The molecule has 1 aliphatic rings. The molecule has 3 heterocycles. The Morgan fingerprint density at radius 1 is 1.30 bits per heavy atom. The molecule has 1 amide bonds. The number of aryl methyl sites for hydroxylation is 1. The smallest absolute Gasteiger partial charge is 0.410 e. The second-order valence-corrected chi connectivity index (χ2v) is 6.79. The monoisotopic (exact) mass is 361 g/mol. The van der Waals surface area contributed by atoms with Crippen molar-refractivity contribution in [2.75, 3.05) is 13.2 Å². The molecule has 4 rings (SSSR count). The lowest BCUT2D eigenvalue weighted by molar-refractivity contribution is 0.103. The molecule has 0 atom stereocenters. The molecule has 5 nitrogen and oxygen atoms in total. The maximum absolute atomic E-state index is 12.1. The second-order valence-electron chi connectivity index (χ2n) is 6.79. The molecule has 0 unspecified atom stereocenters. The minimum Gasteiger partial charge on any atom is -0.450 e. The fraction of sp³-hybridized carbons (Fsp3) is 0.273. The highest BCUT2D eigenvalue weighted by molar-refractivity contribution is 5.93. The number of fused-ring (bicyclic) bond motifs is 3. The van der Waals surface area contributed by atoms with Gasteiger partial charge in [0.05, 0.1) is 18.7 Å². The van der Waals surface area contributed by atoms with Crippen molar-refractivity contribution in [2.24, 2.45) is 0 Å². The Hall–Kier alpha value is -3.08. The molecular formula is C22H23N3O2. The number of H-pyrrole nitrogens is 1. The first kappa shape index (κ1) is 17.3. The fourth-order valence-electron chi connectivity index (χ4n) is 3.53. The number of aromatic nitrogens is 2. The molecule has 0 bridgehead atoms. The topological polar surface area (TPSA) is 58.2 Å². The van der Waals surface area contributed by atoms with Gasteiger partial charge in [-0.15, -0.1) is 0 Å². The van der Waals surface area contributed by atoms with E-state index in [1.54, 1.807) is 4.90 Å². The first-order valence-electron chi connectivity index (χ1n) is 9.30. The van der Waals surface area contributed by atoms with E-state index in [-0.39, 0.29) is 6.09 Å². The molecular weight excluding hydrogens is 338 g/mol. The molecule has 0 saturated carbocycles. The average Bonchev–Trinajstić information content (AvgIpc) is 3.06. The molecule has 0 aliphatic carbocycles. The van der Waals surface area contributed by atoms with Gasteiger partial charge in [0.25, 0.3) is 0 Å². The molecule has 0 fully saturated rings. The van der Waals surface area contributed by atoms with Crippen LogP contribution in [0.25, 0.3) is 23.1 Å². The Morgan fingerprint density at radius 3 is 2.96 bits per heavy atom. The average molecular weight is 361 g/mol. The summed E-state index contributed by atoms with van der Waals surface area (Å²) in [5.41, 5.74) is 6.73. The predicted octanol–water partition coefficient (Wildman–Crippen LogP) is 4.56. The summed E-state index contributed by atoms with van der Waals surface area (Å²) in [6.07, 6.45) is 6.64. The van der Waals surface area contributed by atoms with Gasteiger partial charge >= 0.3 is 6.09 Å². The van der Waals surface area contributed by atoms with E-state index in [2.05, 4.69) is 46.4 Å². The molecule has 1 aliphatic heterocycles. The predicted molar refractivity (Wildman–Crippen MR) is 107 cm³/mol. The molecule has 1 aromatic carbocycles. The van der Waals surface area contributed by atoms with E-state index in [1.165, 1.54) is 16.6 Å². The number of carbonyl (C=O) groups excluding carboxylic acids is 1. The van der Waals surface area contributed by atoms with E-state index < -0.39 is 0 Å². The Kier molecular flexibility index (Phi) is 4.67. The van der Waals surface area contributed by atoms with Crippen molar-refractivity contribution >= 4 is 29.1 Å². The van der Waals surface area contributed by atoms with Crippen LogP contribution in [0.3, 0.4) is 0 Å². The zero-order valence-electron chi connectivity index (χ0n) is 15.7. The number of hydrogen-bond donors (Lipinski definition) is 1. The van der Waals surface area contributed by atoms with Crippen molar-refractivity contribution in [3.8, 4) is 0 Å². The lowest BCUT2D eigenvalue weighted by Crippen LogP contribution is -2.36. The number of para-hydroxylation sites is 1. The van der Waals surface area contributed by atoms with Crippen LogP contribution in [0.2, 0.25) is 0 Å². The SMILES string of the molecule is CCOC(=O)N1CCc2[nH]c3c(C=Cc4ccc(C)nc4)cccc3c2C1. The van der Waals surface area contributed by atoms with E-state index in [1.807, 2.05) is 26.1 Å². The summed E-state index contributed by atoms with van der Waals surface area (Å²) in [4.78, 5) is 21.8. The zero-order valence-corrected chi connectivity index (χ0v) is 15.7. The summed E-state index contributed by atoms with van der Waals surface area (Å²) in [7, 11) is 0. The maximum Gasteiger partial charge on any atom is 0.410 e. The standard InChI is InChI=1S/C22H23N3O2/c1-3-27-22(26)25-12-11-20-19(14-25)18-6-4-5-17(21(18)24-20)10-9-16-8-7-15(2)23-13-16/h4-10,13,24H,3,11-12,14H2,1-2H3. The van der Waals surface area contributed by atoms with Crippen molar-refractivity contribution in [2.45, 2.75) is 26.8 Å². The normalized spacial score (nSPS) is 13.9. The number of carbonyl (C=O) groups is 1. The number of rotatable bonds is 3. The van der Waals surface area contributed by atoms with Crippen LogP contribution >= 0.6 is 0 Å². The van der Waals surface area contributed by atoms with Gasteiger partial charge in [-0.25, -0.2) is 4.79 Å². The van der Waals surface area contributed by atoms with Crippen LogP contribution in [0.1, 0.15) is 35.0 Å². The van der Waals surface area contributed by atoms with Gasteiger partial charge in [0.2, 0.25) is 0 Å². The number of aromatic amines is 1. The molecule has 0 radical (unpaired) electrons. The van der Waals surface area contributed by atoms with Gasteiger partial charge in [-0.1, -0.05) is 36.4 Å². The van der Waals surface area contributed by atoms with Crippen LogP contribution in [0.15, 0.2) is 36.5 Å². The highest BCUT2D eigenvalue weighted by atomic mass is 16.6. The van der Waals surface area contributed by atoms with Crippen LogP contribution in [-0.2, 0) is 17.7 Å². The molecule has 138 valence electrons. The molecule has 2 aromatic heterocycles. The number of pyridine rings is 1. The lowest BCUT2D eigenvalue weighted by Gasteiger charge is -2.26. The van der Waals surface area contributed by atoms with Gasteiger partial charge in [0.15, 0.2) is 0 Å². The molecule has 0 spiro atoms. The number of amides is 1. The Labute approximate surface area is 158 Å². The van der Waals surface area contributed by atoms with Crippen molar-refractivity contribution in [3.63, 3.8) is 0 Å². The highest BCUT2D eigenvalue weighted by Crippen LogP contribution is 2.30. The fourth-order valence-corrected chi connectivity index (χ4v) is 3.53. The Balaban J connectivity index is 1.65. The number of benzene rings is 1. The first-order chi connectivity index (χ1) is 13.2. The van der Waals surface area contributed by atoms with Gasteiger partial charge in [0.1, 0.15) is 0 Å². The van der Waals surface area contributed by atoms with Gasteiger partial charge in [0, 0.05) is 41.5 Å². The van der Waals surface area contributed by atoms with Gasteiger partial charge in [-0.3, -0.25) is 4.98 Å². The summed E-state index contributed by atoms with van der Waals surface area (Å²) in [6.45, 7) is 5.49. The van der Waals surface area contributed by atoms with E-state index in [4.69, 9.17) is 4.74 Å². The third-order valence-electron chi connectivity index (χ3n) is 4.96. The Morgan fingerprint density at radius 2 is 2.19 bits per heavy atom. The van der Waals surface area contributed by atoms with E-state index >= 15 is 0 Å². The van der Waals surface area contributed by atoms with Gasteiger partial charge in [-0.05, 0) is 31.0 Å². The Bertz CT molecular complexity index is 1000. The van der Waals surface area contributed by atoms with Crippen LogP contribution in [0, 0.1) is 6.92 Å². The van der Waals surface area contributed by atoms with Crippen molar-refractivity contribution < 1.29 is 9.53 Å². The van der Waals surface area contributed by atoms with E-state index in [9.17, 15) is 4.79 Å². The van der Waals surface area contributed by atoms with Crippen LogP contribution in [-0.4, -0.2) is 34.1 Å². The highest BCUT2D eigenvalue weighted by Gasteiger charge is 2.25. The third-order valence-corrected chi connectivity index (χ3v) is 4.96. The van der Waals surface area contributed by atoms with Crippen LogP contribution < -0.4 is 0 Å². The third kappa shape index (κ3) is 3.45. The van der Waals surface area contributed by atoms with Crippen molar-refractivity contribution in [1.82, 2.24) is 14.9 Å². The summed E-state index contributed by atoms with van der Waals surface area (Å²) in [5, 5.41) is 1.17.